The second-order valence-corrected chi connectivity index (χ2v) is 9.92. The molecule has 0 saturated heterocycles. The third-order valence-electron chi connectivity index (χ3n) is 7.87. The maximum absolute atomic E-state index is 13.8. The molecular formula is C28H47F3. The SMILES string of the molecule is CCCCC(CC(F)(F)F)C(CC)(CCCC)C(C)(CCCC)CCc1ccccc1. The zero-order valence-corrected chi connectivity index (χ0v) is 20.8. The van der Waals surface area contributed by atoms with Crippen LogP contribution >= 0.6 is 0 Å². The first-order valence-corrected chi connectivity index (χ1v) is 12.8. The monoisotopic (exact) mass is 440 g/mol. The molecule has 180 valence electrons. The predicted octanol–water partition coefficient (Wildman–Crippen LogP) is 10.2. The second-order valence-electron chi connectivity index (χ2n) is 9.92. The molecule has 3 heteroatoms. The van der Waals surface area contributed by atoms with Gasteiger partial charge in [0.05, 0.1) is 0 Å². The first-order chi connectivity index (χ1) is 14.7. The van der Waals surface area contributed by atoms with Gasteiger partial charge in [0.15, 0.2) is 0 Å². The molecule has 0 heterocycles. The molecule has 0 aliphatic carbocycles. The zero-order valence-electron chi connectivity index (χ0n) is 20.8. The van der Waals surface area contributed by atoms with E-state index in [4.69, 9.17) is 0 Å². The van der Waals surface area contributed by atoms with Crippen LogP contribution in [-0.2, 0) is 6.42 Å². The van der Waals surface area contributed by atoms with Crippen molar-refractivity contribution >= 4 is 0 Å². The lowest BCUT2D eigenvalue weighted by Crippen LogP contribution is -2.47. The van der Waals surface area contributed by atoms with Gasteiger partial charge >= 0.3 is 6.18 Å². The third-order valence-corrected chi connectivity index (χ3v) is 7.87. The van der Waals surface area contributed by atoms with Crippen molar-refractivity contribution in [1.82, 2.24) is 0 Å². The lowest BCUT2D eigenvalue weighted by atomic mass is 9.50. The first-order valence-electron chi connectivity index (χ1n) is 12.8. The van der Waals surface area contributed by atoms with Crippen LogP contribution in [0.3, 0.4) is 0 Å². The number of rotatable bonds is 16. The number of benzene rings is 1. The van der Waals surface area contributed by atoms with E-state index in [1.165, 1.54) is 5.56 Å². The van der Waals surface area contributed by atoms with E-state index < -0.39 is 12.6 Å². The number of halogens is 3. The minimum Gasteiger partial charge on any atom is -0.171 e. The van der Waals surface area contributed by atoms with Crippen molar-refractivity contribution in [3.63, 3.8) is 0 Å². The van der Waals surface area contributed by atoms with Crippen LogP contribution in [-0.4, -0.2) is 6.18 Å². The van der Waals surface area contributed by atoms with Crippen molar-refractivity contribution in [3.05, 3.63) is 35.9 Å². The van der Waals surface area contributed by atoms with E-state index in [-0.39, 0.29) is 16.7 Å². The zero-order chi connectivity index (χ0) is 23.4. The smallest absolute Gasteiger partial charge is 0.171 e. The predicted molar refractivity (Wildman–Crippen MR) is 128 cm³/mol. The number of hydrogen-bond donors (Lipinski definition) is 0. The van der Waals surface area contributed by atoms with Crippen molar-refractivity contribution in [3.8, 4) is 0 Å². The molecule has 1 rings (SSSR count). The summed E-state index contributed by atoms with van der Waals surface area (Å²) in [6.45, 7) is 11.0. The van der Waals surface area contributed by atoms with Crippen LogP contribution in [0.1, 0.15) is 117 Å². The van der Waals surface area contributed by atoms with Gasteiger partial charge in [-0.3, -0.25) is 0 Å². The molecule has 0 aliphatic rings. The average molecular weight is 441 g/mol. The van der Waals surface area contributed by atoms with Crippen molar-refractivity contribution in [2.75, 3.05) is 0 Å². The Bertz CT molecular complexity index is 580. The molecule has 0 fully saturated rings. The van der Waals surface area contributed by atoms with Crippen LogP contribution < -0.4 is 0 Å². The van der Waals surface area contributed by atoms with Crippen LogP contribution in [0.25, 0.3) is 0 Å². The van der Waals surface area contributed by atoms with Crippen molar-refractivity contribution < 1.29 is 13.2 Å². The molecule has 0 spiro atoms. The highest BCUT2D eigenvalue weighted by Crippen LogP contribution is 2.59. The van der Waals surface area contributed by atoms with E-state index in [0.717, 1.165) is 70.6 Å². The molecule has 0 radical (unpaired) electrons. The van der Waals surface area contributed by atoms with E-state index in [1.807, 2.05) is 6.07 Å². The fourth-order valence-electron chi connectivity index (χ4n) is 5.94. The summed E-state index contributed by atoms with van der Waals surface area (Å²) in [4.78, 5) is 0. The van der Waals surface area contributed by atoms with Gasteiger partial charge in [0, 0.05) is 6.42 Å². The Labute approximate surface area is 190 Å². The summed E-state index contributed by atoms with van der Waals surface area (Å²) >= 11 is 0. The molecule has 0 nitrogen and oxygen atoms in total. The lowest BCUT2D eigenvalue weighted by molar-refractivity contribution is -0.170. The highest BCUT2D eigenvalue weighted by molar-refractivity contribution is 5.15. The Hall–Kier alpha value is -0.990. The molecule has 3 unspecified atom stereocenters. The molecule has 31 heavy (non-hydrogen) atoms. The Balaban J connectivity index is 3.42. The Morgan fingerprint density at radius 2 is 1.35 bits per heavy atom. The molecule has 1 aromatic rings. The van der Waals surface area contributed by atoms with Gasteiger partial charge in [0.2, 0.25) is 0 Å². The maximum atomic E-state index is 13.8. The van der Waals surface area contributed by atoms with Gasteiger partial charge in [-0.25, -0.2) is 0 Å². The minimum atomic E-state index is -4.10. The highest BCUT2D eigenvalue weighted by Gasteiger charge is 2.52. The third kappa shape index (κ3) is 8.46. The standard InChI is InChI=1S/C28H47F3/c1-6-10-18-25(23-28(29,30)31)27(9-4,21-12-8-3)26(5,20-11-7-2)22-19-24-16-14-13-15-17-24/h13-17,25H,6-12,18-23H2,1-5H3. The van der Waals surface area contributed by atoms with Gasteiger partial charge in [-0.15, -0.1) is 0 Å². The number of alkyl halides is 3. The summed E-state index contributed by atoms with van der Waals surface area (Å²) in [5.41, 5.74) is 0.941. The Morgan fingerprint density at radius 3 is 1.87 bits per heavy atom. The van der Waals surface area contributed by atoms with Crippen LogP contribution in [0.5, 0.6) is 0 Å². The van der Waals surface area contributed by atoms with E-state index in [0.29, 0.717) is 6.42 Å². The van der Waals surface area contributed by atoms with Crippen molar-refractivity contribution in [2.45, 2.75) is 124 Å². The summed E-state index contributed by atoms with van der Waals surface area (Å²) in [7, 11) is 0. The Morgan fingerprint density at radius 1 is 0.774 bits per heavy atom. The normalized spacial score (nSPS) is 17.2. The molecule has 0 N–H and O–H groups in total. The van der Waals surface area contributed by atoms with Gasteiger partial charge < -0.3 is 0 Å². The topological polar surface area (TPSA) is 0 Å². The van der Waals surface area contributed by atoms with Gasteiger partial charge in [0.1, 0.15) is 0 Å². The van der Waals surface area contributed by atoms with Crippen LogP contribution in [0, 0.1) is 16.7 Å². The summed E-state index contributed by atoms with van der Waals surface area (Å²) in [6.07, 6.45) is 6.73. The van der Waals surface area contributed by atoms with Crippen LogP contribution in [0.4, 0.5) is 13.2 Å². The van der Waals surface area contributed by atoms with Gasteiger partial charge in [0.25, 0.3) is 0 Å². The summed E-state index contributed by atoms with van der Waals surface area (Å²) in [5.74, 6) is -0.290. The fraction of sp³-hybridized carbons (Fsp3) is 0.786. The van der Waals surface area contributed by atoms with E-state index in [9.17, 15) is 13.2 Å². The average Bonchev–Trinajstić information content (AvgIpc) is 2.75. The molecule has 3 atom stereocenters. The highest BCUT2D eigenvalue weighted by atomic mass is 19.4. The lowest BCUT2D eigenvalue weighted by Gasteiger charge is -2.55. The van der Waals surface area contributed by atoms with Gasteiger partial charge in [-0.2, -0.15) is 13.2 Å². The summed E-state index contributed by atoms with van der Waals surface area (Å²) in [5, 5.41) is 0. The quantitative estimate of drug-likeness (QED) is 0.240. The molecule has 0 amide bonds. The molecule has 0 aliphatic heterocycles. The Kier molecular flexibility index (Phi) is 12.2. The second kappa shape index (κ2) is 13.5. The molecule has 0 bridgehead atoms. The fourth-order valence-corrected chi connectivity index (χ4v) is 5.94. The largest absolute Gasteiger partial charge is 0.389 e. The molecule has 0 aromatic heterocycles. The molecule has 1 aromatic carbocycles. The summed E-state index contributed by atoms with van der Waals surface area (Å²) in [6, 6.07) is 10.5. The first kappa shape index (κ1) is 28.0. The van der Waals surface area contributed by atoms with Gasteiger partial charge in [-0.1, -0.05) is 103 Å². The van der Waals surface area contributed by atoms with E-state index in [2.05, 4.69) is 58.9 Å². The minimum absolute atomic E-state index is 0.0908. The van der Waals surface area contributed by atoms with E-state index in [1.54, 1.807) is 0 Å². The number of unbranched alkanes of at least 4 members (excludes halogenated alkanes) is 3. The van der Waals surface area contributed by atoms with Crippen molar-refractivity contribution in [2.24, 2.45) is 16.7 Å². The molecule has 0 saturated carbocycles. The number of hydrogen-bond acceptors (Lipinski definition) is 0. The van der Waals surface area contributed by atoms with E-state index >= 15 is 0 Å². The van der Waals surface area contributed by atoms with Crippen LogP contribution in [0.2, 0.25) is 0 Å². The number of aryl methyl sites for hydroxylation is 1. The summed E-state index contributed by atoms with van der Waals surface area (Å²) < 4.78 is 41.4. The maximum Gasteiger partial charge on any atom is 0.389 e. The molecular weight excluding hydrogens is 393 g/mol. The van der Waals surface area contributed by atoms with Gasteiger partial charge in [-0.05, 0) is 60.8 Å². The van der Waals surface area contributed by atoms with Crippen LogP contribution in [0.15, 0.2) is 30.3 Å². The van der Waals surface area contributed by atoms with Crippen molar-refractivity contribution in [1.29, 1.82) is 0 Å².